The third kappa shape index (κ3) is 5.25. The summed E-state index contributed by atoms with van der Waals surface area (Å²) in [6, 6.07) is 9.55. The highest BCUT2D eigenvalue weighted by Gasteiger charge is 2.04. The fourth-order valence-corrected chi connectivity index (χ4v) is 1.42. The summed E-state index contributed by atoms with van der Waals surface area (Å²) < 4.78 is 0. The zero-order chi connectivity index (χ0) is 13.4. The molecule has 0 radical (unpaired) electrons. The molecule has 1 aromatic rings. The molecule has 0 aliphatic heterocycles. The number of rotatable bonds is 7. The Morgan fingerprint density at radius 2 is 1.83 bits per heavy atom. The van der Waals surface area contributed by atoms with E-state index in [0.29, 0.717) is 19.3 Å². The summed E-state index contributed by atoms with van der Waals surface area (Å²) in [5.41, 5.74) is 1.12. The van der Waals surface area contributed by atoms with Crippen molar-refractivity contribution in [1.82, 2.24) is 0 Å². The summed E-state index contributed by atoms with van der Waals surface area (Å²) >= 11 is 0. The molecule has 0 aliphatic rings. The van der Waals surface area contributed by atoms with E-state index in [1.165, 1.54) is 6.08 Å². The molecule has 0 bridgehead atoms. The van der Waals surface area contributed by atoms with Gasteiger partial charge in [0, 0.05) is 12.0 Å². The topological polar surface area (TPSA) is 54.4 Å². The number of benzene rings is 1. The molecule has 3 heteroatoms. The molecular weight excluding hydrogens is 228 g/mol. The number of carbonyl (C=O) groups is 2. The molecule has 0 saturated carbocycles. The molecule has 0 heterocycles. The van der Waals surface area contributed by atoms with Gasteiger partial charge in [0.25, 0.3) is 0 Å². The van der Waals surface area contributed by atoms with Gasteiger partial charge in [-0.1, -0.05) is 43.0 Å². The Hall–Kier alpha value is -2.16. The number of ketones is 1. The van der Waals surface area contributed by atoms with Crippen LogP contribution in [0.25, 0.3) is 6.08 Å². The molecule has 1 rings (SSSR count). The first kappa shape index (κ1) is 13.9. The van der Waals surface area contributed by atoms with E-state index >= 15 is 0 Å². The molecule has 0 saturated heterocycles. The Morgan fingerprint density at radius 3 is 2.44 bits per heavy atom. The quantitative estimate of drug-likeness (QED) is 0.750. The summed E-state index contributed by atoms with van der Waals surface area (Å²) in [7, 11) is 0. The van der Waals surface area contributed by atoms with Gasteiger partial charge in [-0.15, -0.1) is 0 Å². The SMILES string of the molecule is C=C(CCCC(=O)C=Cc1ccccc1)C(=O)O. The average molecular weight is 244 g/mol. The lowest BCUT2D eigenvalue weighted by Gasteiger charge is -1.98. The molecule has 1 N–H and O–H groups in total. The van der Waals surface area contributed by atoms with Crippen LogP contribution in [0.3, 0.4) is 0 Å². The molecule has 0 unspecified atom stereocenters. The van der Waals surface area contributed by atoms with Crippen LogP contribution in [0.1, 0.15) is 24.8 Å². The number of carboxylic acid groups (broad SMARTS) is 1. The molecule has 1 aromatic carbocycles. The molecular formula is C15H16O3. The summed E-state index contributed by atoms with van der Waals surface area (Å²) in [4.78, 5) is 22.0. The lowest BCUT2D eigenvalue weighted by atomic mass is 10.1. The van der Waals surface area contributed by atoms with Crippen LogP contribution in [0.4, 0.5) is 0 Å². The van der Waals surface area contributed by atoms with Gasteiger partial charge in [-0.2, -0.15) is 0 Å². The minimum atomic E-state index is -0.998. The van der Waals surface area contributed by atoms with Crippen molar-refractivity contribution in [3.63, 3.8) is 0 Å². The molecule has 0 aliphatic carbocycles. The molecule has 0 atom stereocenters. The summed E-state index contributed by atoms with van der Waals surface area (Å²) in [6.45, 7) is 3.42. The standard InChI is InChI=1S/C15H16O3/c1-12(15(17)18)6-5-9-14(16)11-10-13-7-3-2-4-8-13/h2-4,7-8,10-11H,1,5-6,9H2,(H,17,18). The number of aliphatic carboxylic acids is 1. The highest BCUT2D eigenvalue weighted by molar-refractivity contribution is 5.93. The van der Waals surface area contributed by atoms with Gasteiger partial charge >= 0.3 is 5.97 Å². The van der Waals surface area contributed by atoms with Crippen LogP contribution in [0.5, 0.6) is 0 Å². The minimum absolute atomic E-state index is 0.00274. The van der Waals surface area contributed by atoms with Gasteiger partial charge in [0.1, 0.15) is 0 Å². The van der Waals surface area contributed by atoms with Crippen LogP contribution in [0, 0.1) is 0 Å². The minimum Gasteiger partial charge on any atom is -0.478 e. The van der Waals surface area contributed by atoms with Crippen molar-refractivity contribution in [2.45, 2.75) is 19.3 Å². The van der Waals surface area contributed by atoms with Crippen LogP contribution in [0.15, 0.2) is 48.6 Å². The van der Waals surface area contributed by atoms with Gasteiger partial charge < -0.3 is 5.11 Å². The van der Waals surface area contributed by atoms with Crippen LogP contribution in [0.2, 0.25) is 0 Å². The molecule has 18 heavy (non-hydrogen) atoms. The first-order chi connectivity index (χ1) is 8.59. The molecule has 3 nitrogen and oxygen atoms in total. The molecule has 94 valence electrons. The predicted octanol–water partition coefficient (Wildman–Crippen LogP) is 3.08. The van der Waals surface area contributed by atoms with E-state index in [9.17, 15) is 9.59 Å². The van der Waals surface area contributed by atoms with Crippen molar-refractivity contribution in [2.75, 3.05) is 0 Å². The molecule has 0 spiro atoms. The van der Waals surface area contributed by atoms with E-state index in [2.05, 4.69) is 6.58 Å². The second kappa shape index (κ2) is 7.22. The first-order valence-corrected chi connectivity index (χ1v) is 5.76. The number of carbonyl (C=O) groups excluding carboxylic acids is 1. The average Bonchev–Trinajstić information content (AvgIpc) is 2.37. The first-order valence-electron chi connectivity index (χ1n) is 5.76. The van der Waals surface area contributed by atoms with Crippen molar-refractivity contribution in [1.29, 1.82) is 0 Å². The highest BCUT2D eigenvalue weighted by atomic mass is 16.4. The monoisotopic (exact) mass is 244 g/mol. The van der Waals surface area contributed by atoms with E-state index < -0.39 is 5.97 Å². The van der Waals surface area contributed by atoms with Crippen molar-refractivity contribution in [3.05, 3.63) is 54.1 Å². The van der Waals surface area contributed by atoms with Crippen molar-refractivity contribution in [3.8, 4) is 0 Å². The van der Waals surface area contributed by atoms with E-state index in [1.807, 2.05) is 30.3 Å². The van der Waals surface area contributed by atoms with Crippen LogP contribution >= 0.6 is 0 Å². The van der Waals surface area contributed by atoms with Gasteiger partial charge in [-0.05, 0) is 24.5 Å². The maximum absolute atomic E-state index is 11.5. The zero-order valence-corrected chi connectivity index (χ0v) is 10.1. The molecule has 0 amide bonds. The highest BCUT2D eigenvalue weighted by Crippen LogP contribution is 2.07. The van der Waals surface area contributed by atoms with E-state index in [1.54, 1.807) is 6.08 Å². The maximum Gasteiger partial charge on any atom is 0.330 e. The Bertz CT molecular complexity index is 458. The van der Waals surface area contributed by atoms with Gasteiger partial charge in [0.2, 0.25) is 0 Å². The smallest absolute Gasteiger partial charge is 0.330 e. The number of carboxylic acids is 1. The molecule has 0 fully saturated rings. The van der Waals surface area contributed by atoms with E-state index in [0.717, 1.165) is 5.56 Å². The maximum atomic E-state index is 11.5. The zero-order valence-electron chi connectivity index (χ0n) is 10.1. The lowest BCUT2D eigenvalue weighted by molar-refractivity contribution is -0.132. The van der Waals surface area contributed by atoms with Gasteiger partial charge in [-0.25, -0.2) is 4.79 Å². The van der Waals surface area contributed by atoms with Crippen LogP contribution in [-0.2, 0) is 9.59 Å². The Kier molecular flexibility index (Phi) is 5.58. The van der Waals surface area contributed by atoms with Crippen LogP contribution < -0.4 is 0 Å². The Labute approximate surface area is 106 Å². The third-order valence-electron chi connectivity index (χ3n) is 2.47. The van der Waals surface area contributed by atoms with Crippen molar-refractivity contribution >= 4 is 17.8 Å². The van der Waals surface area contributed by atoms with Gasteiger partial charge in [0.15, 0.2) is 5.78 Å². The second-order valence-electron chi connectivity index (χ2n) is 3.97. The number of allylic oxidation sites excluding steroid dienone is 1. The fraction of sp³-hybridized carbons (Fsp3) is 0.200. The Morgan fingerprint density at radius 1 is 1.17 bits per heavy atom. The van der Waals surface area contributed by atoms with E-state index in [-0.39, 0.29) is 11.4 Å². The molecule has 0 aromatic heterocycles. The normalized spacial score (nSPS) is 10.4. The summed E-state index contributed by atoms with van der Waals surface area (Å²) in [5, 5.41) is 8.60. The van der Waals surface area contributed by atoms with Gasteiger partial charge in [0.05, 0.1) is 0 Å². The fourth-order valence-electron chi connectivity index (χ4n) is 1.42. The largest absolute Gasteiger partial charge is 0.478 e. The summed E-state index contributed by atoms with van der Waals surface area (Å²) in [6.07, 6.45) is 4.49. The predicted molar refractivity (Wildman–Crippen MR) is 71.1 cm³/mol. The van der Waals surface area contributed by atoms with Crippen molar-refractivity contribution in [2.24, 2.45) is 0 Å². The van der Waals surface area contributed by atoms with Crippen LogP contribution in [-0.4, -0.2) is 16.9 Å². The number of hydrogen-bond donors (Lipinski definition) is 1. The van der Waals surface area contributed by atoms with Crippen molar-refractivity contribution < 1.29 is 14.7 Å². The van der Waals surface area contributed by atoms with E-state index in [4.69, 9.17) is 5.11 Å². The van der Waals surface area contributed by atoms with Gasteiger partial charge in [-0.3, -0.25) is 4.79 Å². The number of hydrogen-bond acceptors (Lipinski definition) is 2. The third-order valence-corrected chi connectivity index (χ3v) is 2.47. The second-order valence-corrected chi connectivity index (χ2v) is 3.97. The Balaban J connectivity index is 2.32. The lowest BCUT2D eigenvalue weighted by Crippen LogP contribution is -2.00. The summed E-state index contributed by atoms with van der Waals surface area (Å²) in [5.74, 6) is -1.00.